The molecule has 0 spiro atoms. The van der Waals surface area contributed by atoms with Gasteiger partial charge < -0.3 is 10.5 Å². The van der Waals surface area contributed by atoms with Crippen LogP contribution in [0.25, 0.3) is 0 Å². The molecule has 98 valence electrons. The van der Waals surface area contributed by atoms with Crippen LogP contribution in [0.1, 0.15) is 57.1 Å². The lowest BCUT2D eigenvalue weighted by Crippen LogP contribution is -2.29. The maximum absolute atomic E-state index is 6.46. The maximum atomic E-state index is 6.46. The number of hydrogen-bond donors (Lipinski definition) is 1. The van der Waals surface area contributed by atoms with Crippen LogP contribution in [0.5, 0.6) is 5.75 Å². The molecule has 2 heteroatoms. The normalized spacial score (nSPS) is 23.9. The highest BCUT2D eigenvalue weighted by atomic mass is 16.5. The van der Waals surface area contributed by atoms with Crippen LogP contribution < -0.4 is 10.5 Å². The van der Waals surface area contributed by atoms with Gasteiger partial charge in [-0.1, -0.05) is 31.9 Å². The average Bonchev–Trinajstić information content (AvgIpc) is 3.09. The minimum Gasteiger partial charge on any atom is -0.490 e. The van der Waals surface area contributed by atoms with E-state index in [0.717, 1.165) is 5.75 Å². The Balaban J connectivity index is 1.70. The van der Waals surface area contributed by atoms with Gasteiger partial charge in [0.15, 0.2) is 0 Å². The van der Waals surface area contributed by atoms with E-state index in [4.69, 9.17) is 10.5 Å². The molecule has 0 amide bonds. The number of nitrogens with two attached hydrogens (primary N) is 1. The SMILES string of the molecule is CC1(C(N)c2ccc(OC3CC3)cc2)CCCC1. The highest BCUT2D eigenvalue weighted by molar-refractivity contribution is 5.30. The first-order valence-electron chi connectivity index (χ1n) is 7.20. The molecule has 0 aliphatic heterocycles. The molecule has 3 rings (SSSR count). The number of hydrogen-bond acceptors (Lipinski definition) is 2. The first kappa shape index (κ1) is 12.0. The summed E-state index contributed by atoms with van der Waals surface area (Å²) in [5.74, 6) is 0.991. The van der Waals surface area contributed by atoms with Crippen molar-refractivity contribution in [2.45, 2.75) is 57.6 Å². The van der Waals surface area contributed by atoms with Gasteiger partial charge in [-0.3, -0.25) is 0 Å². The molecule has 0 bridgehead atoms. The Labute approximate surface area is 110 Å². The monoisotopic (exact) mass is 245 g/mol. The van der Waals surface area contributed by atoms with Gasteiger partial charge in [-0.25, -0.2) is 0 Å². The van der Waals surface area contributed by atoms with Gasteiger partial charge >= 0.3 is 0 Å². The topological polar surface area (TPSA) is 35.2 Å². The highest BCUT2D eigenvalue weighted by Crippen LogP contribution is 2.46. The second-order valence-corrected chi connectivity index (χ2v) is 6.23. The summed E-state index contributed by atoms with van der Waals surface area (Å²) in [6.07, 6.45) is 8.05. The number of ether oxygens (including phenoxy) is 1. The van der Waals surface area contributed by atoms with Crippen molar-refractivity contribution in [3.05, 3.63) is 29.8 Å². The van der Waals surface area contributed by atoms with Gasteiger partial charge in [0.1, 0.15) is 5.75 Å². The molecule has 1 aromatic carbocycles. The van der Waals surface area contributed by atoms with E-state index in [1.54, 1.807) is 0 Å². The zero-order valence-corrected chi connectivity index (χ0v) is 11.2. The summed E-state index contributed by atoms with van der Waals surface area (Å²) in [5.41, 5.74) is 8.00. The van der Waals surface area contributed by atoms with Crippen molar-refractivity contribution < 1.29 is 4.74 Å². The molecule has 0 aromatic heterocycles. The van der Waals surface area contributed by atoms with Crippen LogP contribution in [0.4, 0.5) is 0 Å². The number of benzene rings is 1. The summed E-state index contributed by atoms with van der Waals surface area (Å²) in [6, 6.07) is 8.60. The fraction of sp³-hybridized carbons (Fsp3) is 0.625. The molecular formula is C16H23NO. The standard InChI is InChI=1S/C16H23NO/c1-16(10-2-3-11-16)15(17)12-4-6-13(7-5-12)18-14-8-9-14/h4-7,14-15H,2-3,8-11,17H2,1H3. The first-order chi connectivity index (χ1) is 8.67. The quantitative estimate of drug-likeness (QED) is 0.875. The molecule has 2 nitrogen and oxygen atoms in total. The van der Waals surface area contributed by atoms with Crippen molar-refractivity contribution in [3.8, 4) is 5.75 Å². The molecule has 0 radical (unpaired) electrons. The molecule has 1 unspecified atom stereocenters. The van der Waals surface area contributed by atoms with Crippen LogP contribution in [0.3, 0.4) is 0 Å². The Hall–Kier alpha value is -1.02. The van der Waals surface area contributed by atoms with E-state index in [2.05, 4.69) is 31.2 Å². The lowest BCUT2D eigenvalue weighted by Gasteiger charge is -2.31. The van der Waals surface area contributed by atoms with Crippen LogP contribution in [-0.4, -0.2) is 6.10 Å². The van der Waals surface area contributed by atoms with Crippen molar-refractivity contribution in [1.82, 2.24) is 0 Å². The molecule has 2 aliphatic rings. The minimum absolute atomic E-state index is 0.162. The van der Waals surface area contributed by atoms with Crippen LogP contribution >= 0.6 is 0 Å². The highest BCUT2D eigenvalue weighted by Gasteiger charge is 2.35. The molecule has 0 saturated heterocycles. The lowest BCUT2D eigenvalue weighted by molar-refractivity contribution is 0.265. The second-order valence-electron chi connectivity index (χ2n) is 6.23. The van der Waals surface area contributed by atoms with E-state index >= 15 is 0 Å². The van der Waals surface area contributed by atoms with Crippen LogP contribution in [0, 0.1) is 5.41 Å². The Morgan fingerprint density at radius 3 is 2.33 bits per heavy atom. The molecule has 2 saturated carbocycles. The predicted octanol–water partition coefficient (Wildman–Crippen LogP) is 3.81. The van der Waals surface area contributed by atoms with Gasteiger partial charge in [-0.15, -0.1) is 0 Å². The summed E-state index contributed by atoms with van der Waals surface area (Å²) in [6.45, 7) is 2.33. The molecule has 1 atom stereocenters. The molecule has 2 fully saturated rings. The van der Waals surface area contributed by atoms with Gasteiger partial charge in [-0.05, 0) is 48.8 Å². The third kappa shape index (κ3) is 2.39. The Morgan fingerprint density at radius 2 is 1.78 bits per heavy atom. The van der Waals surface area contributed by atoms with E-state index in [0.29, 0.717) is 11.5 Å². The molecule has 18 heavy (non-hydrogen) atoms. The fourth-order valence-corrected chi connectivity index (χ4v) is 3.03. The third-order valence-electron chi connectivity index (χ3n) is 4.56. The summed E-state index contributed by atoms with van der Waals surface area (Å²) < 4.78 is 5.77. The molecule has 2 N–H and O–H groups in total. The first-order valence-corrected chi connectivity index (χ1v) is 7.20. The summed E-state index contributed by atoms with van der Waals surface area (Å²) in [4.78, 5) is 0. The van der Waals surface area contributed by atoms with Crippen molar-refractivity contribution in [1.29, 1.82) is 0 Å². The van der Waals surface area contributed by atoms with Crippen LogP contribution in [0.2, 0.25) is 0 Å². The summed E-state index contributed by atoms with van der Waals surface area (Å²) in [7, 11) is 0. The van der Waals surface area contributed by atoms with E-state index in [1.165, 1.54) is 44.1 Å². The zero-order chi connectivity index (χ0) is 12.6. The number of rotatable bonds is 4. The minimum atomic E-state index is 0.162. The fourth-order valence-electron chi connectivity index (χ4n) is 3.03. The predicted molar refractivity (Wildman–Crippen MR) is 73.6 cm³/mol. The van der Waals surface area contributed by atoms with E-state index in [1.807, 2.05) is 0 Å². The van der Waals surface area contributed by atoms with E-state index in [9.17, 15) is 0 Å². The van der Waals surface area contributed by atoms with Gasteiger partial charge in [-0.2, -0.15) is 0 Å². The smallest absolute Gasteiger partial charge is 0.119 e. The van der Waals surface area contributed by atoms with Gasteiger partial charge in [0.2, 0.25) is 0 Å². The van der Waals surface area contributed by atoms with E-state index in [-0.39, 0.29) is 6.04 Å². The Kier molecular flexibility index (Phi) is 3.06. The van der Waals surface area contributed by atoms with Crippen molar-refractivity contribution in [3.63, 3.8) is 0 Å². The van der Waals surface area contributed by atoms with Gasteiger partial charge in [0.05, 0.1) is 6.10 Å². The molecular weight excluding hydrogens is 222 g/mol. The van der Waals surface area contributed by atoms with E-state index < -0.39 is 0 Å². The zero-order valence-electron chi connectivity index (χ0n) is 11.2. The largest absolute Gasteiger partial charge is 0.490 e. The maximum Gasteiger partial charge on any atom is 0.119 e. The molecule has 2 aliphatic carbocycles. The van der Waals surface area contributed by atoms with Gasteiger partial charge in [0.25, 0.3) is 0 Å². The second kappa shape index (κ2) is 4.58. The van der Waals surface area contributed by atoms with Crippen molar-refractivity contribution in [2.24, 2.45) is 11.1 Å². The Morgan fingerprint density at radius 1 is 1.17 bits per heavy atom. The van der Waals surface area contributed by atoms with Crippen LogP contribution in [0.15, 0.2) is 24.3 Å². The molecule has 0 heterocycles. The molecule has 1 aromatic rings. The summed E-state index contributed by atoms with van der Waals surface area (Å²) in [5, 5.41) is 0. The van der Waals surface area contributed by atoms with Crippen molar-refractivity contribution >= 4 is 0 Å². The van der Waals surface area contributed by atoms with Gasteiger partial charge in [0, 0.05) is 6.04 Å². The summed E-state index contributed by atoms with van der Waals surface area (Å²) >= 11 is 0. The van der Waals surface area contributed by atoms with Crippen molar-refractivity contribution in [2.75, 3.05) is 0 Å². The Bertz CT molecular complexity index is 402. The third-order valence-corrected chi connectivity index (χ3v) is 4.56. The average molecular weight is 245 g/mol. The lowest BCUT2D eigenvalue weighted by atomic mass is 9.78. The van der Waals surface area contributed by atoms with Crippen LogP contribution in [-0.2, 0) is 0 Å².